The Kier molecular flexibility index (Phi) is 11.9. The molecule has 2 unspecified atom stereocenters. The number of rotatable bonds is 8. The Hall–Kier alpha value is -2.61. The summed E-state index contributed by atoms with van der Waals surface area (Å²) in [5.74, 6) is -1.23. The number of aliphatic hydroxyl groups excluding tert-OH is 1. The van der Waals surface area contributed by atoms with Crippen molar-refractivity contribution in [2.45, 2.75) is 78.3 Å². The molecule has 2 rings (SSSR count). The number of carbonyl (C=O) groups is 3. The van der Waals surface area contributed by atoms with Crippen LogP contribution in [0.4, 0.5) is 0 Å². The van der Waals surface area contributed by atoms with Crippen LogP contribution in [0.25, 0.3) is 0 Å². The third kappa shape index (κ3) is 9.04. The second kappa shape index (κ2) is 13.8. The Labute approximate surface area is 197 Å². The summed E-state index contributed by atoms with van der Waals surface area (Å²) in [6, 6.07) is 4.50. The largest absolute Gasteiger partial charge is 0.508 e. The monoisotopic (exact) mass is 464 g/mol. The molecule has 0 aromatic heterocycles. The van der Waals surface area contributed by atoms with Crippen molar-refractivity contribution in [3.05, 3.63) is 29.8 Å². The highest BCUT2D eigenvalue weighted by atomic mass is 16.5. The van der Waals surface area contributed by atoms with Crippen LogP contribution in [0.2, 0.25) is 0 Å². The van der Waals surface area contributed by atoms with Crippen LogP contribution >= 0.6 is 0 Å². The summed E-state index contributed by atoms with van der Waals surface area (Å²) in [6.45, 7) is 8.52. The molecule has 8 heteroatoms. The van der Waals surface area contributed by atoms with Gasteiger partial charge in [0, 0.05) is 18.7 Å². The minimum atomic E-state index is -0.817. The number of benzene rings is 1. The molecule has 1 aromatic carbocycles. The van der Waals surface area contributed by atoms with Gasteiger partial charge >= 0.3 is 5.97 Å². The number of methoxy groups -OCH3 is 1. The normalized spacial score (nSPS) is 16.4. The first-order valence-corrected chi connectivity index (χ1v) is 11.7. The molecular formula is C25H40N2O6. The standard InChI is InChI=1S/C19H26N2O5.C6H14O/c1-19(2,3)15(20-16(23)12-7-5-8-13(22)11-12)17(24)21-10-6-9-14(21)18(25)26-4;1-2-3-4-5-6-7/h5,7-8,11,14-15,22H,6,9-10H2,1-4H3,(H,20,23);7H,2-6H2,1H3. The predicted octanol–water partition coefficient (Wildman–Crippen LogP) is 3.26. The van der Waals surface area contributed by atoms with E-state index in [4.69, 9.17) is 9.84 Å². The van der Waals surface area contributed by atoms with E-state index in [9.17, 15) is 19.5 Å². The third-order valence-electron chi connectivity index (χ3n) is 5.52. The van der Waals surface area contributed by atoms with Gasteiger partial charge in [-0.2, -0.15) is 0 Å². The molecule has 2 atom stereocenters. The Morgan fingerprint density at radius 1 is 1.21 bits per heavy atom. The molecule has 33 heavy (non-hydrogen) atoms. The van der Waals surface area contributed by atoms with Crippen LogP contribution in [0.5, 0.6) is 5.75 Å². The fourth-order valence-electron chi connectivity index (χ4n) is 3.63. The van der Waals surface area contributed by atoms with Gasteiger partial charge in [0.15, 0.2) is 0 Å². The molecule has 0 bridgehead atoms. The second-order valence-corrected chi connectivity index (χ2v) is 9.32. The molecule has 1 heterocycles. The van der Waals surface area contributed by atoms with Gasteiger partial charge in [0.25, 0.3) is 5.91 Å². The van der Waals surface area contributed by atoms with Gasteiger partial charge in [0.05, 0.1) is 7.11 Å². The summed E-state index contributed by atoms with van der Waals surface area (Å²) in [5, 5.41) is 20.6. The van der Waals surface area contributed by atoms with E-state index in [0.717, 1.165) is 6.42 Å². The van der Waals surface area contributed by atoms with Gasteiger partial charge in [-0.3, -0.25) is 9.59 Å². The van der Waals surface area contributed by atoms with E-state index in [-0.39, 0.29) is 17.2 Å². The van der Waals surface area contributed by atoms with Crippen molar-refractivity contribution in [2.75, 3.05) is 20.3 Å². The first-order chi connectivity index (χ1) is 15.6. The van der Waals surface area contributed by atoms with Crippen molar-refractivity contribution in [3.63, 3.8) is 0 Å². The lowest BCUT2D eigenvalue weighted by Gasteiger charge is -2.35. The van der Waals surface area contributed by atoms with Crippen LogP contribution in [0.3, 0.4) is 0 Å². The summed E-state index contributed by atoms with van der Waals surface area (Å²) in [4.78, 5) is 39.1. The molecule has 186 valence electrons. The summed E-state index contributed by atoms with van der Waals surface area (Å²) in [7, 11) is 1.30. The van der Waals surface area contributed by atoms with Gasteiger partial charge in [0.1, 0.15) is 17.8 Å². The quantitative estimate of drug-likeness (QED) is 0.402. The zero-order valence-electron chi connectivity index (χ0n) is 20.6. The maximum Gasteiger partial charge on any atom is 0.328 e. The maximum atomic E-state index is 13.1. The Morgan fingerprint density at radius 3 is 2.45 bits per heavy atom. The number of aromatic hydroxyl groups is 1. The molecule has 0 spiro atoms. The first-order valence-electron chi connectivity index (χ1n) is 11.7. The van der Waals surface area contributed by atoms with E-state index in [1.807, 2.05) is 20.8 Å². The number of nitrogens with zero attached hydrogens (tertiary/aromatic N) is 1. The van der Waals surface area contributed by atoms with E-state index in [1.165, 1.54) is 43.4 Å². The smallest absolute Gasteiger partial charge is 0.328 e. The van der Waals surface area contributed by atoms with Crippen molar-refractivity contribution in [1.82, 2.24) is 10.2 Å². The molecule has 1 saturated heterocycles. The molecule has 0 saturated carbocycles. The van der Waals surface area contributed by atoms with Crippen molar-refractivity contribution in [1.29, 1.82) is 0 Å². The van der Waals surface area contributed by atoms with E-state index in [1.54, 1.807) is 12.1 Å². The summed E-state index contributed by atoms with van der Waals surface area (Å²) < 4.78 is 4.80. The number of likely N-dealkylation sites (tertiary alicyclic amines) is 1. The Bertz CT molecular complexity index is 770. The van der Waals surface area contributed by atoms with E-state index < -0.39 is 29.4 Å². The lowest BCUT2D eigenvalue weighted by Crippen LogP contribution is -2.56. The number of phenols is 1. The summed E-state index contributed by atoms with van der Waals surface area (Å²) >= 11 is 0. The van der Waals surface area contributed by atoms with Crippen molar-refractivity contribution < 1.29 is 29.3 Å². The number of esters is 1. The molecule has 2 amide bonds. The van der Waals surface area contributed by atoms with Gasteiger partial charge in [-0.1, -0.05) is 53.0 Å². The van der Waals surface area contributed by atoms with Crippen LogP contribution < -0.4 is 5.32 Å². The van der Waals surface area contributed by atoms with Crippen LogP contribution in [0.15, 0.2) is 24.3 Å². The van der Waals surface area contributed by atoms with Crippen LogP contribution in [-0.2, 0) is 14.3 Å². The average Bonchev–Trinajstić information content (AvgIpc) is 3.26. The highest BCUT2D eigenvalue weighted by Gasteiger charge is 2.42. The number of ether oxygens (including phenoxy) is 1. The van der Waals surface area contributed by atoms with Crippen molar-refractivity contribution in [3.8, 4) is 5.75 Å². The summed E-state index contributed by atoms with van der Waals surface area (Å²) in [6.07, 6.45) is 5.94. The van der Waals surface area contributed by atoms with E-state index >= 15 is 0 Å². The molecule has 1 aromatic rings. The zero-order valence-corrected chi connectivity index (χ0v) is 20.6. The number of hydrogen-bond acceptors (Lipinski definition) is 6. The molecule has 8 nitrogen and oxygen atoms in total. The molecule has 1 aliphatic rings. The van der Waals surface area contributed by atoms with Crippen molar-refractivity contribution in [2.24, 2.45) is 5.41 Å². The van der Waals surface area contributed by atoms with Crippen LogP contribution in [0.1, 0.15) is 76.6 Å². The minimum Gasteiger partial charge on any atom is -0.508 e. The van der Waals surface area contributed by atoms with Crippen molar-refractivity contribution >= 4 is 17.8 Å². The van der Waals surface area contributed by atoms with Crippen LogP contribution in [-0.4, -0.2) is 65.2 Å². The fourth-order valence-corrected chi connectivity index (χ4v) is 3.63. The number of nitrogens with one attached hydrogen (secondary N) is 1. The first kappa shape index (κ1) is 28.4. The van der Waals surface area contributed by atoms with Gasteiger partial charge in [-0.25, -0.2) is 4.79 Å². The highest BCUT2D eigenvalue weighted by molar-refractivity contribution is 5.98. The van der Waals surface area contributed by atoms with E-state index in [0.29, 0.717) is 26.0 Å². The second-order valence-electron chi connectivity index (χ2n) is 9.32. The lowest BCUT2D eigenvalue weighted by atomic mass is 9.85. The molecular weight excluding hydrogens is 424 g/mol. The number of aliphatic hydroxyl groups is 1. The highest BCUT2D eigenvalue weighted by Crippen LogP contribution is 2.26. The maximum absolute atomic E-state index is 13.1. The number of hydrogen-bond donors (Lipinski definition) is 3. The van der Waals surface area contributed by atoms with Crippen LogP contribution in [0, 0.1) is 5.41 Å². The Morgan fingerprint density at radius 2 is 1.91 bits per heavy atom. The molecule has 1 aliphatic heterocycles. The SMILES string of the molecule is CCCCCCO.COC(=O)C1CCCN1C(=O)C(NC(=O)c1cccc(O)c1)C(C)(C)C. The Balaban J connectivity index is 0.000000675. The number of phenolic OH excluding ortho intramolecular Hbond substituents is 1. The van der Waals surface area contributed by atoms with Gasteiger partial charge in [-0.15, -0.1) is 0 Å². The number of amides is 2. The van der Waals surface area contributed by atoms with Gasteiger partial charge in [-0.05, 0) is 42.9 Å². The molecule has 0 aliphatic carbocycles. The minimum absolute atomic E-state index is 0.0263. The molecule has 3 N–H and O–H groups in total. The predicted molar refractivity (Wildman–Crippen MR) is 127 cm³/mol. The molecule has 1 fully saturated rings. The number of unbranched alkanes of at least 4 members (excludes halogenated alkanes) is 3. The molecule has 0 radical (unpaired) electrons. The zero-order chi connectivity index (χ0) is 25.0. The fraction of sp³-hybridized carbons (Fsp3) is 0.640. The number of carbonyl (C=O) groups excluding carboxylic acids is 3. The topological polar surface area (TPSA) is 116 Å². The summed E-state index contributed by atoms with van der Waals surface area (Å²) in [5.41, 5.74) is -0.301. The average molecular weight is 465 g/mol. The third-order valence-corrected chi connectivity index (χ3v) is 5.52. The van der Waals surface area contributed by atoms with Gasteiger partial charge < -0.3 is 25.2 Å². The van der Waals surface area contributed by atoms with E-state index in [2.05, 4.69) is 12.2 Å². The van der Waals surface area contributed by atoms with Gasteiger partial charge in [0.2, 0.25) is 5.91 Å². The lowest BCUT2D eigenvalue weighted by molar-refractivity contribution is -0.152.